The molecule has 31 heavy (non-hydrogen) atoms. The number of hydrogen-bond acceptors (Lipinski definition) is 4. The van der Waals surface area contributed by atoms with Crippen LogP contribution in [0.3, 0.4) is 0 Å². The van der Waals surface area contributed by atoms with E-state index in [-0.39, 0.29) is 0 Å². The van der Waals surface area contributed by atoms with E-state index in [0.717, 1.165) is 59.9 Å². The highest BCUT2D eigenvalue weighted by molar-refractivity contribution is 8.11. The number of thiazole rings is 1. The second-order valence-electron chi connectivity index (χ2n) is 7.45. The zero-order valence-corrected chi connectivity index (χ0v) is 17.6. The number of benzene rings is 2. The van der Waals surface area contributed by atoms with Crippen LogP contribution in [-0.4, -0.2) is 11.6 Å². The summed E-state index contributed by atoms with van der Waals surface area (Å²) in [4.78, 5) is 5.72. The summed E-state index contributed by atoms with van der Waals surface area (Å²) in [6, 6.07) is 10.0. The molecule has 3 heterocycles. The van der Waals surface area contributed by atoms with Crippen LogP contribution in [0.1, 0.15) is 11.1 Å². The lowest BCUT2D eigenvalue weighted by Crippen LogP contribution is -2.14. The van der Waals surface area contributed by atoms with Crippen LogP contribution in [0.5, 0.6) is 5.75 Å². The minimum absolute atomic E-state index is 0.574. The Morgan fingerprint density at radius 1 is 1.03 bits per heavy atom. The standard InChI is InChI=1S/C24H14F3NOS2/c25-24(26,27)16-4-5-17-18(12-16)22-14(2-1-9-30-22)11-20-21(17)28-23(31-20)15-3-6-19-13(10-15)7-8-29-19/h1-6,9-12H,7-8H2. The summed E-state index contributed by atoms with van der Waals surface area (Å²) in [5.74, 6) is 0.911. The summed E-state index contributed by atoms with van der Waals surface area (Å²) in [5, 5.41) is 4.77. The van der Waals surface area contributed by atoms with E-state index in [1.807, 2.05) is 35.8 Å². The smallest absolute Gasteiger partial charge is 0.416 e. The van der Waals surface area contributed by atoms with Crippen LogP contribution in [0.15, 0.2) is 59.5 Å². The number of halogens is 3. The molecule has 0 radical (unpaired) electrons. The fourth-order valence-electron chi connectivity index (χ4n) is 4.05. The molecule has 0 saturated heterocycles. The molecule has 1 aromatic heterocycles. The third-order valence-corrected chi connectivity index (χ3v) is 7.56. The van der Waals surface area contributed by atoms with E-state index >= 15 is 0 Å². The number of allylic oxidation sites excluding steroid dienone is 2. The summed E-state index contributed by atoms with van der Waals surface area (Å²) in [5.41, 5.74) is 2.42. The van der Waals surface area contributed by atoms with Gasteiger partial charge in [-0.3, -0.25) is 0 Å². The summed E-state index contributed by atoms with van der Waals surface area (Å²) < 4.78 is 46.9. The highest BCUT2D eigenvalue weighted by Crippen LogP contribution is 2.34. The second-order valence-corrected chi connectivity index (χ2v) is 9.40. The maximum Gasteiger partial charge on any atom is 0.416 e. The van der Waals surface area contributed by atoms with Gasteiger partial charge in [0.05, 0.1) is 22.1 Å². The third-order valence-electron chi connectivity index (χ3n) is 5.53. The molecule has 154 valence electrons. The molecule has 0 saturated carbocycles. The maximum atomic E-state index is 13.4. The van der Waals surface area contributed by atoms with Crippen molar-refractivity contribution in [3.05, 3.63) is 91.0 Å². The Hall–Kier alpha value is -2.77. The second kappa shape index (κ2) is 6.87. The van der Waals surface area contributed by atoms with Crippen LogP contribution in [0, 0.1) is 10.6 Å². The third kappa shape index (κ3) is 3.15. The van der Waals surface area contributed by atoms with Crippen molar-refractivity contribution >= 4 is 34.1 Å². The minimum atomic E-state index is -4.40. The van der Waals surface area contributed by atoms with Gasteiger partial charge in [-0.15, -0.1) is 11.3 Å². The van der Waals surface area contributed by atoms with Crippen LogP contribution in [0.4, 0.5) is 13.2 Å². The number of nitrogens with zero attached hydrogens (tertiary/aromatic N) is 1. The van der Waals surface area contributed by atoms with Gasteiger partial charge in [0.2, 0.25) is 0 Å². The van der Waals surface area contributed by atoms with E-state index in [2.05, 4.69) is 6.07 Å². The molecule has 6 rings (SSSR count). The SMILES string of the molecule is FC(F)(F)c1ccc2c(c1)=C1SC=CC=C1C=c1sc(-c3ccc4c(c3)CCO4)nc1=2. The van der Waals surface area contributed by atoms with Gasteiger partial charge in [-0.1, -0.05) is 30.0 Å². The van der Waals surface area contributed by atoms with Gasteiger partial charge in [0, 0.05) is 22.1 Å². The molecule has 0 bridgehead atoms. The zero-order valence-electron chi connectivity index (χ0n) is 16.0. The first kappa shape index (κ1) is 19.0. The molecule has 3 aromatic rings. The average molecular weight is 454 g/mol. The van der Waals surface area contributed by atoms with Crippen molar-refractivity contribution in [1.29, 1.82) is 0 Å². The molecular weight excluding hydrogens is 439 g/mol. The number of aromatic nitrogens is 1. The molecular formula is C24H14F3NOS2. The van der Waals surface area contributed by atoms with Gasteiger partial charge in [-0.25, -0.2) is 4.98 Å². The van der Waals surface area contributed by atoms with E-state index in [1.165, 1.54) is 17.8 Å². The molecule has 2 aromatic carbocycles. The normalized spacial score (nSPS) is 16.4. The first-order chi connectivity index (χ1) is 15.0. The summed E-state index contributed by atoms with van der Waals surface area (Å²) in [6.45, 7) is 0.688. The lowest BCUT2D eigenvalue weighted by atomic mass is 10.1. The van der Waals surface area contributed by atoms with Gasteiger partial charge in [0.15, 0.2) is 0 Å². The number of alkyl halides is 3. The Morgan fingerprint density at radius 2 is 1.94 bits per heavy atom. The fraction of sp³-hybridized carbons (Fsp3) is 0.125. The first-order valence-electron chi connectivity index (χ1n) is 9.72. The van der Waals surface area contributed by atoms with Gasteiger partial charge in [0.25, 0.3) is 0 Å². The predicted octanol–water partition coefficient (Wildman–Crippen LogP) is 5.14. The van der Waals surface area contributed by atoms with Crippen molar-refractivity contribution in [1.82, 2.24) is 4.98 Å². The van der Waals surface area contributed by atoms with Crippen LogP contribution >= 0.6 is 23.1 Å². The largest absolute Gasteiger partial charge is 0.493 e. The number of ether oxygens (including phenoxy) is 1. The topological polar surface area (TPSA) is 22.1 Å². The van der Waals surface area contributed by atoms with E-state index < -0.39 is 11.7 Å². The molecule has 0 atom stereocenters. The highest BCUT2D eigenvalue weighted by atomic mass is 32.2. The molecule has 0 amide bonds. The molecule has 0 N–H and O–H groups in total. The Morgan fingerprint density at radius 3 is 2.81 bits per heavy atom. The molecule has 0 spiro atoms. The van der Waals surface area contributed by atoms with Gasteiger partial charge in [-0.05, 0) is 58.2 Å². The molecule has 2 nitrogen and oxygen atoms in total. The van der Waals surface area contributed by atoms with Gasteiger partial charge in [0.1, 0.15) is 10.8 Å². The zero-order chi connectivity index (χ0) is 21.2. The highest BCUT2D eigenvalue weighted by Gasteiger charge is 2.30. The van der Waals surface area contributed by atoms with E-state index in [9.17, 15) is 13.2 Å². The van der Waals surface area contributed by atoms with Crippen molar-refractivity contribution in [2.24, 2.45) is 0 Å². The maximum absolute atomic E-state index is 13.4. The van der Waals surface area contributed by atoms with Crippen LogP contribution < -0.4 is 14.5 Å². The van der Waals surface area contributed by atoms with Gasteiger partial charge >= 0.3 is 6.18 Å². The van der Waals surface area contributed by atoms with Gasteiger partial charge in [-0.2, -0.15) is 13.2 Å². The Bertz CT molecular complexity index is 1530. The number of thioether (sulfide) groups is 1. The molecule has 0 fully saturated rings. The van der Waals surface area contributed by atoms with Crippen molar-refractivity contribution in [3.63, 3.8) is 0 Å². The van der Waals surface area contributed by atoms with Gasteiger partial charge < -0.3 is 4.74 Å². The number of rotatable bonds is 1. The van der Waals surface area contributed by atoms with Crippen LogP contribution in [0.25, 0.3) is 21.6 Å². The van der Waals surface area contributed by atoms with Crippen molar-refractivity contribution < 1.29 is 17.9 Å². The number of fused-ring (bicyclic) bond motifs is 4. The monoisotopic (exact) mass is 453 g/mol. The van der Waals surface area contributed by atoms with Crippen molar-refractivity contribution in [2.75, 3.05) is 6.61 Å². The lowest BCUT2D eigenvalue weighted by Gasteiger charge is -2.11. The Labute approximate surface area is 183 Å². The van der Waals surface area contributed by atoms with Crippen molar-refractivity contribution in [3.8, 4) is 16.3 Å². The molecule has 1 aliphatic carbocycles. The minimum Gasteiger partial charge on any atom is -0.493 e. The van der Waals surface area contributed by atoms with Crippen LogP contribution in [0.2, 0.25) is 0 Å². The quantitative estimate of drug-likeness (QED) is 0.510. The first-order valence-corrected chi connectivity index (χ1v) is 11.4. The fourth-order valence-corrected chi connectivity index (χ4v) is 5.93. The average Bonchev–Trinajstić information content (AvgIpc) is 3.37. The molecule has 3 aliphatic rings. The predicted molar refractivity (Wildman–Crippen MR) is 118 cm³/mol. The van der Waals surface area contributed by atoms with E-state index in [1.54, 1.807) is 17.4 Å². The van der Waals surface area contributed by atoms with E-state index in [0.29, 0.717) is 11.8 Å². The summed E-state index contributed by atoms with van der Waals surface area (Å²) >= 11 is 3.00. The summed E-state index contributed by atoms with van der Waals surface area (Å²) in [7, 11) is 0. The Balaban J connectivity index is 1.68. The number of hydrogen-bond donors (Lipinski definition) is 0. The van der Waals surface area contributed by atoms with Crippen LogP contribution in [-0.2, 0) is 12.6 Å². The molecule has 7 heteroatoms. The summed E-state index contributed by atoms with van der Waals surface area (Å²) in [6.07, 6.45) is 2.37. The van der Waals surface area contributed by atoms with Crippen molar-refractivity contribution in [2.45, 2.75) is 12.6 Å². The molecule has 0 unspecified atom stereocenters. The Kier molecular flexibility index (Phi) is 4.20. The molecule has 2 aliphatic heterocycles. The van der Waals surface area contributed by atoms with E-state index in [4.69, 9.17) is 9.72 Å². The lowest BCUT2D eigenvalue weighted by molar-refractivity contribution is -0.137.